The summed E-state index contributed by atoms with van der Waals surface area (Å²) in [6, 6.07) is 4.64. The minimum atomic E-state index is -4.38. The standard InChI is InChI=1S/C17H21F3N2O3S/c1-15(2,12-3-5-13(6-4-12)17(18,19)20)7-21-14(23)22-8-16(9-22)10-26(24,25)11-16/h3-6H,7-11H2,1-2H3,(H,21,23). The van der Waals surface area contributed by atoms with Gasteiger partial charge in [-0.2, -0.15) is 13.2 Å². The molecule has 0 saturated carbocycles. The first kappa shape index (κ1) is 19.0. The van der Waals surface area contributed by atoms with Gasteiger partial charge in [-0.25, -0.2) is 13.2 Å². The maximum absolute atomic E-state index is 12.6. The van der Waals surface area contributed by atoms with Gasteiger partial charge in [0.25, 0.3) is 0 Å². The molecule has 2 aliphatic heterocycles. The van der Waals surface area contributed by atoms with Crippen LogP contribution in [0.4, 0.5) is 18.0 Å². The second-order valence-corrected chi connectivity index (χ2v) is 10.1. The number of alkyl halides is 3. The molecule has 2 fully saturated rings. The Bertz CT molecular complexity index is 797. The number of rotatable bonds is 3. The number of likely N-dealkylation sites (tertiary alicyclic amines) is 1. The summed E-state index contributed by atoms with van der Waals surface area (Å²) in [7, 11) is -2.92. The Balaban J connectivity index is 1.53. The van der Waals surface area contributed by atoms with Crippen molar-refractivity contribution in [3.8, 4) is 0 Å². The largest absolute Gasteiger partial charge is 0.416 e. The van der Waals surface area contributed by atoms with E-state index in [4.69, 9.17) is 0 Å². The lowest BCUT2D eigenvalue weighted by Gasteiger charge is -2.54. The number of carbonyl (C=O) groups is 1. The van der Waals surface area contributed by atoms with Crippen molar-refractivity contribution in [2.75, 3.05) is 31.1 Å². The first-order chi connectivity index (χ1) is 11.8. The second-order valence-electron chi connectivity index (χ2n) is 8.01. The van der Waals surface area contributed by atoms with E-state index in [1.165, 1.54) is 12.1 Å². The van der Waals surface area contributed by atoms with Crippen molar-refractivity contribution in [2.45, 2.75) is 25.4 Å². The van der Waals surface area contributed by atoms with E-state index < -0.39 is 27.0 Å². The molecule has 144 valence electrons. The predicted octanol–water partition coefficient (Wildman–Crippen LogP) is 2.42. The number of urea groups is 1. The maximum Gasteiger partial charge on any atom is 0.416 e. The van der Waals surface area contributed by atoms with E-state index in [0.717, 1.165) is 12.1 Å². The Labute approximate surface area is 150 Å². The summed E-state index contributed by atoms with van der Waals surface area (Å²) in [5.41, 5.74) is -0.820. The summed E-state index contributed by atoms with van der Waals surface area (Å²) in [5, 5.41) is 2.79. The minimum absolute atomic E-state index is 0.140. The normalized spacial score (nSPS) is 21.0. The van der Waals surface area contributed by atoms with Crippen LogP contribution in [-0.4, -0.2) is 50.5 Å². The zero-order valence-electron chi connectivity index (χ0n) is 14.6. The molecule has 0 aliphatic carbocycles. The molecule has 3 rings (SSSR count). The minimum Gasteiger partial charge on any atom is -0.337 e. The van der Waals surface area contributed by atoms with E-state index in [1.54, 1.807) is 4.90 Å². The molecule has 0 atom stereocenters. The molecule has 0 radical (unpaired) electrons. The molecule has 0 unspecified atom stereocenters. The summed E-state index contributed by atoms with van der Waals surface area (Å²) in [5.74, 6) is 0.279. The van der Waals surface area contributed by atoms with Crippen molar-refractivity contribution in [2.24, 2.45) is 5.41 Å². The van der Waals surface area contributed by atoms with Crippen LogP contribution in [0, 0.1) is 5.41 Å². The van der Waals surface area contributed by atoms with Gasteiger partial charge in [0.1, 0.15) is 0 Å². The lowest BCUT2D eigenvalue weighted by atomic mass is 9.83. The Hall–Kier alpha value is -1.77. The number of hydrogen-bond donors (Lipinski definition) is 1. The van der Waals surface area contributed by atoms with Gasteiger partial charge in [0.15, 0.2) is 9.84 Å². The fourth-order valence-electron chi connectivity index (χ4n) is 3.60. The first-order valence-electron chi connectivity index (χ1n) is 8.23. The summed E-state index contributed by atoms with van der Waals surface area (Å²) in [4.78, 5) is 13.8. The quantitative estimate of drug-likeness (QED) is 0.862. The van der Waals surface area contributed by atoms with Crippen LogP contribution in [0.1, 0.15) is 25.0 Å². The average molecular weight is 390 g/mol. The summed E-state index contributed by atoms with van der Waals surface area (Å²) < 4.78 is 60.5. The lowest BCUT2D eigenvalue weighted by molar-refractivity contribution is -0.137. The zero-order chi connectivity index (χ0) is 19.4. The SMILES string of the molecule is CC(C)(CNC(=O)N1CC2(C1)CS(=O)(=O)C2)c1ccc(C(F)(F)F)cc1. The van der Waals surface area contributed by atoms with Crippen molar-refractivity contribution in [1.82, 2.24) is 10.2 Å². The highest BCUT2D eigenvalue weighted by molar-refractivity contribution is 7.92. The zero-order valence-corrected chi connectivity index (χ0v) is 15.4. The monoisotopic (exact) mass is 390 g/mol. The van der Waals surface area contributed by atoms with Crippen molar-refractivity contribution in [1.29, 1.82) is 0 Å². The molecule has 1 aromatic rings. The number of nitrogens with one attached hydrogen (secondary N) is 1. The van der Waals surface area contributed by atoms with Crippen LogP contribution in [0.25, 0.3) is 0 Å². The molecule has 2 amide bonds. The first-order valence-corrected chi connectivity index (χ1v) is 10.1. The molecule has 9 heteroatoms. The topological polar surface area (TPSA) is 66.5 Å². The van der Waals surface area contributed by atoms with E-state index in [0.29, 0.717) is 18.7 Å². The Kier molecular flexibility index (Phi) is 4.29. The van der Waals surface area contributed by atoms with Crippen LogP contribution in [-0.2, 0) is 21.4 Å². The van der Waals surface area contributed by atoms with Crippen LogP contribution < -0.4 is 5.32 Å². The Morgan fingerprint density at radius 2 is 1.62 bits per heavy atom. The lowest BCUT2D eigenvalue weighted by Crippen LogP contribution is -2.70. The third-order valence-corrected chi connectivity index (χ3v) is 7.17. The highest BCUT2D eigenvalue weighted by Gasteiger charge is 2.57. The van der Waals surface area contributed by atoms with Crippen LogP contribution in [0.15, 0.2) is 24.3 Å². The molecule has 1 N–H and O–H groups in total. The van der Waals surface area contributed by atoms with Crippen LogP contribution in [0.3, 0.4) is 0 Å². The fraction of sp³-hybridized carbons (Fsp3) is 0.588. The predicted molar refractivity (Wildman–Crippen MR) is 90.5 cm³/mol. The molecule has 1 aromatic carbocycles. The number of amides is 2. The third kappa shape index (κ3) is 3.67. The molecule has 26 heavy (non-hydrogen) atoms. The Morgan fingerprint density at radius 1 is 1.12 bits per heavy atom. The summed E-state index contributed by atoms with van der Waals surface area (Å²) >= 11 is 0. The molecule has 2 saturated heterocycles. The average Bonchev–Trinajstić information content (AvgIpc) is 2.47. The molecule has 5 nitrogen and oxygen atoms in total. The Morgan fingerprint density at radius 3 is 2.08 bits per heavy atom. The second kappa shape index (κ2) is 5.87. The van der Waals surface area contributed by atoms with Crippen LogP contribution in [0.5, 0.6) is 0 Å². The maximum atomic E-state index is 12.6. The van der Waals surface area contributed by atoms with E-state index in [1.807, 2.05) is 13.8 Å². The molecular formula is C17H21F3N2O3S. The van der Waals surface area contributed by atoms with Gasteiger partial charge in [-0.05, 0) is 17.7 Å². The molecule has 0 aromatic heterocycles. The van der Waals surface area contributed by atoms with E-state index >= 15 is 0 Å². The van der Waals surface area contributed by atoms with E-state index in [-0.39, 0.29) is 29.5 Å². The van der Waals surface area contributed by atoms with Gasteiger partial charge in [0, 0.05) is 30.5 Å². The molecule has 2 heterocycles. The van der Waals surface area contributed by atoms with Gasteiger partial charge in [0.05, 0.1) is 17.1 Å². The molecule has 1 spiro atoms. The van der Waals surface area contributed by atoms with Gasteiger partial charge in [-0.1, -0.05) is 26.0 Å². The van der Waals surface area contributed by atoms with Gasteiger partial charge < -0.3 is 10.2 Å². The van der Waals surface area contributed by atoms with Crippen molar-refractivity contribution < 1.29 is 26.4 Å². The van der Waals surface area contributed by atoms with Crippen LogP contribution >= 0.6 is 0 Å². The summed E-state index contributed by atoms with van der Waals surface area (Å²) in [6.45, 7) is 4.80. The van der Waals surface area contributed by atoms with Crippen LogP contribution in [0.2, 0.25) is 0 Å². The number of nitrogens with zero attached hydrogens (tertiary/aromatic N) is 1. The highest BCUT2D eigenvalue weighted by Crippen LogP contribution is 2.41. The van der Waals surface area contributed by atoms with E-state index in [2.05, 4.69) is 5.32 Å². The number of hydrogen-bond acceptors (Lipinski definition) is 3. The third-order valence-electron chi connectivity index (χ3n) is 5.07. The number of carbonyl (C=O) groups excluding carboxylic acids is 1. The van der Waals surface area contributed by atoms with Gasteiger partial charge in [-0.3, -0.25) is 0 Å². The smallest absolute Gasteiger partial charge is 0.337 e. The van der Waals surface area contributed by atoms with Gasteiger partial charge in [0.2, 0.25) is 0 Å². The molecule has 0 bridgehead atoms. The van der Waals surface area contributed by atoms with E-state index in [9.17, 15) is 26.4 Å². The molecule has 2 aliphatic rings. The number of benzene rings is 1. The number of halogens is 3. The van der Waals surface area contributed by atoms with Crippen molar-refractivity contribution in [3.63, 3.8) is 0 Å². The molecular weight excluding hydrogens is 369 g/mol. The fourth-order valence-corrected chi connectivity index (χ4v) is 5.75. The van der Waals surface area contributed by atoms with Gasteiger partial charge in [-0.15, -0.1) is 0 Å². The van der Waals surface area contributed by atoms with Gasteiger partial charge >= 0.3 is 12.2 Å². The van der Waals surface area contributed by atoms with Crippen molar-refractivity contribution in [3.05, 3.63) is 35.4 Å². The van der Waals surface area contributed by atoms with Crippen molar-refractivity contribution >= 4 is 15.9 Å². The summed E-state index contributed by atoms with van der Waals surface area (Å²) in [6.07, 6.45) is -4.38. The number of sulfone groups is 1. The highest BCUT2D eigenvalue weighted by atomic mass is 32.2.